The molecule has 1 N–H and O–H groups in total. The minimum atomic E-state index is -1.19. The predicted molar refractivity (Wildman–Crippen MR) is 39.7 cm³/mol. The van der Waals surface area contributed by atoms with Crippen molar-refractivity contribution in [3.8, 4) is 0 Å². The Bertz CT molecular complexity index is 135. The van der Waals surface area contributed by atoms with Crippen LogP contribution in [0.3, 0.4) is 0 Å². The van der Waals surface area contributed by atoms with Gasteiger partial charge in [0.2, 0.25) is 0 Å². The Hall–Kier alpha value is -0.570. The Kier molecular flexibility index (Phi) is 3.52. The molecule has 0 rings (SSSR count). The van der Waals surface area contributed by atoms with Crippen molar-refractivity contribution < 1.29 is 15.0 Å². The molecule has 0 aromatic carbocycles. The Morgan fingerprint density at radius 1 is 1.55 bits per heavy atom. The van der Waals surface area contributed by atoms with Crippen molar-refractivity contribution >= 4 is 5.97 Å². The first-order valence-electron chi connectivity index (χ1n) is 3.69. The topological polar surface area (TPSA) is 60.4 Å². The lowest BCUT2D eigenvalue weighted by molar-refractivity contribution is -0.307. The van der Waals surface area contributed by atoms with Crippen molar-refractivity contribution in [3.63, 3.8) is 0 Å². The molecule has 11 heavy (non-hydrogen) atoms. The number of carbonyl (C=O) groups is 1. The Morgan fingerprint density at radius 3 is 2.27 bits per heavy atom. The number of hydrogen-bond acceptors (Lipinski definition) is 3. The fourth-order valence-electron chi connectivity index (χ4n) is 0.971. The first kappa shape index (κ1) is 10.4. The summed E-state index contributed by atoms with van der Waals surface area (Å²) in [6.07, 6.45) is -0.557. The summed E-state index contributed by atoms with van der Waals surface area (Å²) >= 11 is 0. The molecule has 0 fully saturated rings. The standard InChI is InChI=1S/C8H16O3/c1-8(2,3)5-6(9)4-7(10)11/h6,9H,4-5H2,1-3H3,(H,10,11)/p-1. The van der Waals surface area contributed by atoms with Gasteiger partial charge in [-0.25, -0.2) is 0 Å². The highest BCUT2D eigenvalue weighted by Gasteiger charge is 2.16. The molecule has 3 heteroatoms. The zero-order valence-corrected chi connectivity index (χ0v) is 7.26. The van der Waals surface area contributed by atoms with Crippen LogP contribution in [0.5, 0.6) is 0 Å². The number of rotatable bonds is 3. The number of aliphatic hydroxyl groups is 1. The van der Waals surface area contributed by atoms with Gasteiger partial charge in [-0.05, 0) is 11.8 Å². The van der Waals surface area contributed by atoms with Crippen molar-refractivity contribution in [1.29, 1.82) is 0 Å². The van der Waals surface area contributed by atoms with E-state index >= 15 is 0 Å². The lowest BCUT2D eigenvalue weighted by Gasteiger charge is -2.22. The lowest BCUT2D eigenvalue weighted by atomic mass is 9.88. The predicted octanol–water partition coefficient (Wildman–Crippen LogP) is -0.0765. The number of aliphatic carboxylic acids is 1. The van der Waals surface area contributed by atoms with Crippen LogP contribution in [0.15, 0.2) is 0 Å². The van der Waals surface area contributed by atoms with Gasteiger partial charge in [0.15, 0.2) is 0 Å². The van der Waals surface area contributed by atoms with Gasteiger partial charge in [-0.2, -0.15) is 0 Å². The summed E-state index contributed by atoms with van der Waals surface area (Å²) in [5.74, 6) is -1.19. The van der Waals surface area contributed by atoms with Gasteiger partial charge < -0.3 is 15.0 Å². The van der Waals surface area contributed by atoms with Crippen molar-refractivity contribution in [2.75, 3.05) is 0 Å². The zero-order valence-electron chi connectivity index (χ0n) is 7.26. The lowest BCUT2D eigenvalue weighted by Crippen LogP contribution is -2.29. The number of carbonyl (C=O) groups excluding carboxylic acids is 1. The van der Waals surface area contributed by atoms with E-state index in [2.05, 4.69) is 0 Å². The molecular weight excluding hydrogens is 144 g/mol. The highest BCUT2D eigenvalue weighted by molar-refractivity contribution is 5.64. The molecule has 0 spiro atoms. The SMILES string of the molecule is CC(C)(C)CC(O)CC(=O)[O-]. The molecule has 1 unspecified atom stereocenters. The minimum Gasteiger partial charge on any atom is -0.550 e. The van der Waals surface area contributed by atoms with Gasteiger partial charge in [0.05, 0.1) is 6.10 Å². The summed E-state index contributed by atoms with van der Waals surface area (Å²) in [5.41, 5.74) is -0.0329. The molecular formula is C8H15O3-. The van der Waals surface area contributed by atoms with E-state index < -0.39 is 12.1 Å². The summed E-state index contributed by atoms with van der Waals surface area (Å²) < 4.78 is 0. The third kappa shape index (κ3) is 7.33. The Morgan fingerprint density at radius 2 is 2.00 bits per heavy atom. The van der Waals surface area contributed by atoms with E-state index in [-0.39, 0.29) is 11.8 Å². The maximum atomic E-state index is 10.0. The third-order valence-electron chi connectivity index (χ3n) is 1.25. The van der Waals surface area contributed by atoms with Crippen LogP contribution in [0, 0.1) is 5.41 Å². The first-order valence-corrected chi connectivity index (χ1v) is 3.69. The molecule has 0 heterocycles. The van der Waals surface area contributed by atoms with Gasteiger partial charge >= 0.3 is 0 Å². The van der Waals surface area contributed by atoms with Crippen molar-refractivity contribution in [2.45, 2.75) is 39.7 Å². The second-order valence-corrected chi connectivity index (χ2v) is 3.99. The summed E-state index contributed by atoms with van der Waals surface area (Å²) in [5, 5.41) is 19.2. The maximum absolute atomic E-state index is 10.0. The zero-order chi connectivity index (χ0) is 9.07. The molecule has 0 aliphatic rings. The van der Waals surface area contributed by atoms with Crippen LogP contribution in [-0.4, -0.2) is 17.2 Å². The third-order valence-corrected chi connectivity index (χ3v) is 1.25. The second-order valence-electron chi connectivity index (χ2n) is 3.99. The normalized spacial score (nSPS) is 14.5. The van der Waals surface area contributed by atoms with Gasteiger partial charge in [-0.3, -0.25) is 0 Å². The highest BCUT2D eigenvalue weighted by Crippen LogP contribution is 2.21. The molecule has 3 nitrogen and oxygen atoms in total. The molecule has 0 aliphatic carbocycles. The highest BCUT2D eigenvalue weighted by atomic mass is 16.4. The van der Waals surface area contributed by atoms with Gasteiger partial charge in [0, 0.05) is 12.4 Å². The van der Waals surface area contributed by atoms with Gasteiger partial charge in [-0.1, -0.05) is 20.8 Å². The van der Waals surface area contributed by atoms with E-state index in [1.54, 1.807) is 0 Å². The monoisotopic (exact) mass is 159 g/mol. The van der Waals surface area contributed by atoms with Crippen LogP contribution >= 0.6 is 0 Å². The molecule has 66 valence electrons. The van der Waals surface area contributed by atoms with Crippen molar-refractivity contribution in [3.05, 3.63) is 0 Å². The molecule has 0 saturated heterocycles. The van der Waals surface area contributed by atoms with Gasteiger partial charge in [-0.15, -0.1) is 0 Å². The van der Waals surface area contributed by atoms with Crippen LogP contribution in [0.1, 0.15) is 33.6 Å². The van der Waals surface area contributed by atoms with Crippen molar-refractivity contribution in [2.24, 2.45) is 5.41 Å². The molecule has 0 radical (unpaired) electrons. The van der Waals surface area contributed by atoms with Crippen LogP contribution in [0.4, 0.5) is 0 Å². The maximum Gasteiger partial charge on any atom is 0.0597 e. The van der Waals surface area contributed by atoms with Gasteiger partial charge in [0.1, 0.15) is 0 Å². The fraction of sp³-hybridized carbons (Fsp3) is 0.875. The quantitative estimate of drug-likeness (QED) is 0.626. The number of aliphatic hydroxyl groups excluding tert-OH is 1. The van der Waals surface area contributed by atoms with E-state index in [1.165, 1.54) is 0 Å². The van der Waals surface area contributed by atoms with Crippen LogP contribution in [-0.2, 0) is 4.79 Å². The molecule has 0 bridgehead atoms. The number of hydrogen-bond donors (Lipinski definition) is 1. The second kappa shape index (κ2) is 3.72. The van der Waals surface area contributed by atoms with E-state index in [0.717, 1.165) is 0 Å². The van der Waals surface area contributed by atoms with Gasteiger partial charge in [0.25, 0.3) is 0 Å². The number of carboxylic acids is 1. The average molecular weight is 159 g/mol. The molecule has 0 saturated carbocycles. The first-order chi connectivity index (χ1) is 4.81. The molecule has 0 amide bonds. The largest absolute Gasteiger partial charge is 0.550 e. The summed E-state index contributed by atoms with van der Waals surface area (Å²) in [6, 6.07) is 0. The van der Waals surface area contributed by atoms with Crippen molar-refractivity contribution in [1.82, 2.24) is 0 Å². The smallest absolute Gasteiger partial charge is 0.0597 e. The fourth-order valence-corrected chi connectivity index (χ4v) is 0.971. The van der Waals surface area contributed by atoms with E-state index in [1.807, 2.05) is 20.8 Å². The van der Waals surface area contributed by atoms with Crippen LogP contribution in [0.25, 0.3) is 0 Å². The minimum absolute atomic E-state index is 0.0329. The summed E-state index contributed by atoms with van der Waals surface area (Å²) in [4.78, 5) is 10.0. The molecule has 0 aromatic heterocycles. The van der Waals surface area contributed by atoms with E-state index in [4.69, 9.17) is 5.11 Å². The van der Waals surface area contributed by atoms with Crippen LogP contribution < -0.4 is 5.11 Å². The summed E-state index contributed by atoms with van der Waals surface area (Å²) in [7, 11) is 0. The summed E-state index contributed by atoms with van der Waals surface area (Å²) in [6.45, 7) is 5.85. The molecule has 0 aromatic rings. The van der Waals surface area contributed by atoms with E-state index in [0.29, 0.717) is 6.42 Å². The Labute approximate surface area is 67.0 Å². The molecule has 1 atom stereocenters. The van der Waals surface area contributed by atoms with E-state index in [9.17, 15) is 9.90 Å². The Balaban J connectivity index is 3.69. The van der Waals surface area contributed by atoms with Crippen LogP contribution in [0.2, 0.25) is 0 Å². The molecule has 0 aliphatic heterocycles. The number of carboxylic acid groups (broad SMARTS) is 1. The average Bonchev–Trinajstić information content (AvgIpc) is 1.53.